The molecule has 90 valence electrons. The van der Waals surface area contributed by atoms with Crippen molar-refractivity contribution in [3.8, 4) is 0 Å². The van der Waals surface area contributed by atoms with Gasteiger partial charge in [0.15, 0.2) is 0 Å². The van der Waals surface area contributed by atoms with Gasteiger partial charge in [-0.25, -0.2) is 4.98 Å². The minimum absolute atomic E-state index is 0.489. The molecule has 16 heavy (non-hydrogen) atoms. The molecule has 0 aliphatic rings. The van der Waals surface area contributed by atoms with Crippen molar-refractivity contribution in [1.29, 1.82) is 0 Å². The SMILES string of the molecule is CCCCCN(c1ncccc1Br)C(C)C. The van der Waals surface area contributed by atoms with Gasteiger partial charge in [0, 0.05) is 18.8 Å². The van der Waals surface area contributed by atoms with Gasteiger partial charge in [-0.2, -0.15) is 0 Å². The van der Waals surface area contributed by atoms with Crippen molar-refractivity contribution in [3.05, 3.63) is 22.8 Å². The van der Waals surface area contributed by atoms with E-state index in [9.17, 15) is 0 Å². The number of anilines is 1. The van der Waals surface area contributed by atoms with Gasteiger partial charge < -0.3 is 4.90 Å². The monoisotopic (exact) mass is 284 g/mol. The lowest BCUT2D eigenvalue weighted by atomic mass is 10.2. The molecular formula is C13H21BrN2. The Kier molecular flexibility index (Phi) is 5.81. The molecule has 0 fully saturated rings. The van der Waals surface area contributed by atoms with E-state index < -0.39 is 0 Å². The average molecular weight is 285 g/mol. The second kappa shape index (κ2) is 6.89. The summed E-state index contributed by atoms with van der Waals surface area (Å²) in [5, 5.41) is 0. The maximum Gasteiger partial charge on any atom is 0.143 e. The first-order valence-electron chi connectivity index (χ1n) is 6.04. The zero-order chi connectivity index (χ0) is 12.0. The van der Waals surface area contributed by atoms with Gasteiger partial charge in [0.25, 0.3) is 0 Å². The molecule has 1 rings (SSSR count). The summed E-state index contributed by atoms with van der Waals surface area (Å²) < 4.78 is 1.08. The fraction of sp³-hybridized carbons (Fsp3) is 0.615. The summed E-state index contributed by atoms with van der Waals surface area (Å²) in [5.74, 6) is 1.06. The maximum absolute atomic E-state index is 4.46. The lowest BCUT2D eigenvalue weighted by Gasteiger charge is -2.28. The van der Waals surface area contributed by atoms with Crippen LogP contribution in [0.15, 0.2) is 22.8 Å². The number of aromatic nitrogens is 1. The summed E-state index contributed by atoms with van der Waals surface area (Å²) in [6.07, 6.45) is 5.63. The van der Waals surface area contributed by atoms with E-state index in [0.717, 1.165) is 16.8 Å². The Hall–Kier alpha value is -0.570. The van der Waals surface area contributed by atoms with E-state index in [1.54, 1.807) is 0 Å². The minimum Gasteiger partial charge on any atom is -0.353 e. The Morgan fingerprint density at radius 2 is 2.12 bits per heavy atom. The van der Waals surface area contributed by atoms with E-state index in [1.165, 1.54) is 19.3 Å². The van der Waals surface area contributed by atoms with E-state index in [4.69, 9.17) is 0 Å². The highest BCUT2D eigenvalue weighted by Gasteiger charge is 2.13. The number of unbranched alkanes of at least 4 members (excludes halogenated alkanes) is 2. The van der Waals surface area contributed by atoms with Gasteiger partial charge in [-0.3, -0.25) is 0 Å². The van der Waals surface area contributed by atoms with Gasteiger partial charge >= 0.3 is 0 Å². The van der Waals surface area contributed by atoms with Gasteiger partial charge in [-0.1, -0.05) is 19.8 Å². The van der Waals surface area contributed by atoms with E-state index in [2.05, 4.69) is 52.7 Å². The van der Waals surface area contributed by atoms with Crippen LogP contribution in [0.3, 0.4) is 0 Å². The van der Waals surface area contributed by atoms with Crippen molar-refractivity contribution in [2.45, 2.75) is 46.1 Å². The predicted octanol–water partition coefficient (Wildman–Crippen LogP) is 4.25. The van der Waals surface area contributed by atoms with Crippen LogP contribution in [0.1, 0.15) is 40.0 Å². The molecule has 0 amide bonds. The van der Waals surface area contributed by atoms with Crippen molar-refractivity contribution < 1.29 is 0 Å². The van der Waals surface area contributed by atoms with E-state index in [0.29, 0.717) is 6.04 Å². The molecule has 1 aromatic heterocycles. The van der Waals surface area contributed by atoms with Crippen molar-refractivity contribution in [1.82, 2.24) is 4.98 Å². The van der Waals surface area contributed by atoms with Crippen LogP contribution in [0.5, 0.6) is 0 Å². The lowest BCUT2D eigenvalue weighted by Crippen LogP contribution is -2.32. The zero-order valence-electron chi connectivity index (χ0n) is 10.4. The first-order valence-corrected chi connectivity index (χ1v) is 6.83. The second-order valence-electron chi connectivity index (χ2n) is 4.30. The number of halogens is 1. The van der Waals surface area contributed by atoms with Crippen LogP contribution in [0, 0.1) is 0 Å². The van der Waals surface area contributed by atoms with Crippen LogP contribution < -0.4 is 4.90 Å². The topological polar surface area (TPSA) is 16.1 Å². The normalized spacial score (nSPS) is 10.8. The number of rotatable bonds is 6. The van der Waals surface area contributed by atoms with Crippen molar-refractivity contribution in [2.24, 2.45) is 0 Å². The Morgan fingerprint density at radius 1 is 1.38 bits per heavy atom. The summed E-state index contributed by atoms with van der Waals surface area (Å²) >= 11 is 3.57. The lowest BCUT2D eigenvalue weighted by molar-refractivity contribution is 0.619. The fourth-order valence-electron chi connectivity index (χ4n) is 1.73. The first kappa shape index (κ1) is 13.5. The van der Waals surface area contributed by atoms with Crippen molar-refractivity contribution in [2.75, 3.05) is 11.4 Å². The first-order chi connectivity index (χ1) is 7.66. The third-order valence-corrected chi connectivity index (χ3v) is 3.26. The average Bonchev–Trinajstić information content (AvgIpc) is 2.25. The van der Waals surface area contributed by atoms with Crippen LogP contribution >= 0.6 is 15.9 Å². The van der Waals surface area contributed by atoms with Crippen LogP contribution in [-0.4, -0.2) is 17.6 Å². The molecule has 1 aromatic rings. The molecule has 0 saturated heterocycles. The molecule has 0 atom stereocenters. The third-order valence-electron chi connectivity index (χ3n) is 2.64. The smallest absolute Gasteiger partial charge is 0.143 e. The van der Waals surface area contributed by atoms with Gasteiger partial charge in [0.05, 0.1) is 4.47 Å². The molecule has 0 radical (unpaired) electrons. The number of nitrogens with zero attached hydrogens (tertiary/aromatic N) is 2. The summed E-state index contributed by atoms with van der Waals surface area (Å²) in [6, 6.07) is 4.50. The molecule has 3 heteroatoms. The molecule has 0 N–H and O–H groups in total. The summed E-state index contributed by atoms with van der Waals surface area (Å²) in [7, 11) is 0. The van der Waals surface area contributed by atoms with Crippen LogP contribution in [0.25, 0.3) is 0 Å². The van der Waals surface area contributed by atoms with E-state index in [-0.39, 0.29) is 0 Å². The highest BCUT2D eigenvalue weighted by atomic mass is 79.9. The molecule has 0 unspecified atom stereocenters. The van der Waals surface area contributed by atoms with E-state index in [1.807, 2.05) is 12.3 Å². The van der Waals surface area contributed by atoms with Crippen LogP contribution in [-0.2, 0) is 0 Å². The Labute approximate surface area is 107 Å². The Bertz CT molecular complexity index is 313. The third kappa shape index (κ3) is 3.78. The Balaban J connectivity index is 2.74. The molecule has 0 bridgehead atoms. The highest BCUT2D eigenvalue weighted by Crippen LogP contribution is 2.24. The summed E-state index contributed by atoms with van der Waals surface area (Å²) in [5.41, 5.74) is 0. The quantitative estimate of drug-likeness (QED) is 0.726. The standard InChI is InChI=1S/C13H21BrN2/c1-4-5-6-10-16(11(2)3)13-12(14)8-7-9-15-13/h7-9,11H,4-6,10H2,1-3H3. The minimum atomic E-state index is 0.489. The number of pyridine rings is 1. The molecule has 1 heterocycles. The van der Waals surface area contributed by atoms with Crippen LogP contribution in [0.4, 0.5) is 5.82 Å². The summed E-state index contributed by atoms with van der Waals surface area (Å²) in [6.45, 7) is 7.75. The van der Waals surface area contributed by atoms with Gasteiger partial charge in [0.2, 0.25) is 0 Å². The molecular weight excluding hydrogens is 264 g/mol. The molecule has 0 aliphatic carbocycles. The van der Waals surface area contributed by atoms with Gasteiger partial charge in [-0.15, -0.1) is 0 Å². The van der Waals surface area contributed by atoms with Crippen molar-refractivity contribution in [3.63, 3.8) is 0 Å². The van der Waals surface area contributed by atoms with E-state index >= 15 is 0 Å². The van der Waals surface area contributed by atoms with Crippen molar-refractivity contribution >= 4 is 21.7 Å². The molecule has 2 nitrogen and oxygen atoms in total. The molecule has 0 aromatic carbocycles. The number of hydrogen-bond acceptors (Lipinski definition) is 2. The maximum atomic E-state index is 4.46. The van der Waals surface area contributed by atoms with Crippen LogP contribution in [0.2, 0.25) is 0 Å². The molecule has 0 spiro atoms. The fourth-order valence-corrected chi connectivity index (χ4v) is 2.21. The molecule has 0 aliphatic heterocycles. The second-order valence-corrected chi connectivity index (χ2v) is 5.16. The molecule has 0 saturated carbocycles. The number of hydrogen-bond donors (Lipinski definition) is 0. The largest absolute Gasteiger partial charge is 0.353 e. The summed E-state index contributed by atoms with van der Waals surface area (Å²) in [4.78, 5) is 6.82. The Morgan fingerprint density at radius 3 is 2.69 bits per heavy atom. The predicted molar refractivity (Wildman–Crippen MR) is 73.9 cm³/mol. The van der Waals surface area contributed by atoms with Gasteiger partial charge in [-0.05, 0) is 48.3 Å². The zero-order valence-corrected chi connectivity index (χ0v) is 12.0. The highest BCUT2D eigenvalue weighted by molar-refractivity contribution is 9.10. The van der Waals surface area contributed by atoms with Gasteiger partial charge in [0.1, 0.15) is 5.82 Å².